The molecule has 2 nitrogen and oxygen atoms in total. The van der Waals surface area contributed by atoms with Crippen LogP contribution in [0.15, 0.2) is 12.4 Å². The smallest absolute Gasteiger partial charge is 0.125 e. The van der Waals surface area contributed by atoms with E-state index >= 15 is 0 Å². The molecule has 0 bridgehead atoms. The van der Waals surface area contributed by atoms with E-state index in [1.165, 1.54) is 5.72 Å². The van der Waals surface area contributed by atoms with Crippen molar-refractivity contribution in [2.24, 2.45) is 20.0 Å². The van der Waals surface area contributed by atoms with Crippen molar-refractivity contribution < 1.29 is 4.57 Å². The molecule has 0 unspecified atom stereocenters. The molecule has 0 N–H and O–H groups in total. The first-order valence-corrected chi connectivity index (χ1v) is 4.45. The second-order valence-corrected chi connectivity index (χ2v) is 3.71. The lowest BCUT2D eigenvalue weighted by Gasteiger charge is -2.14. The first kappa shape index (κ1) is 9.36. The predicted molar refractivity (Wildman–Crippen MR) is 51.6 cm³/mol. The summed E-state index contributed by atoms with van der Waals surface area (Å²) in [5.74, 6) is 0.736. The van der Waals surface area contributed by atoms with Gasteiger partial charge in [-0.05, 0) is 0 Å². The van der Waals surface area contributed by atoms with Crippen molar-refractivity contribution in [2.75, 3.05) is 0 Å². The van der Waals surface area contributed by atoms with Gasteiger partial charge in [-0.1, -0.05) is 19.8 Å². The Bertz CT molecular complexity index is 234. The van der Waals surface area contributed by atoms with E-state index in [4.69, 9.17) is 0 Å². The zero-order valence-corrected chi connectivity index (χ0v) is 8.41. The van der Waals surface area contributed by atoms with Gasteiger partial charge in [-0.25, -0.2) is 6.32 Å². The van der Waals surface area contributed by atoms with Crippen LogP contribution in [0, 0.1) is 5.92 Å². The van der Waals surface area contributed by atoms with E-state index < -0.39 is 0 Å². The Morgan fingerprint density at radius 1 is 1.58 bits per heavy atom. The number of aryl methyl sites for hydroxylation is 2. The highest BCUT2D eigenvalue weighted by molar-refractivity contribution is 6.50. The Kier molecular flexibility index (Phi) is 2.96. The molecular formula is C9H17BN2. The van der Waals surface area contributed by atoms with E-state index in [1.54, 1.807) is 0 Å². The van der Waals surface area contributed by atoms with E-state index in [9.17, 15) is 0 Å². The SMILES string of the molecule is CC(C)C[B-]c1n(C)cc[n+]1C. The number of hydrogen-bond acceptors (Lipinski definition) is 0. The second-order valence-electron chi connectivity index (χ2n) is 3.71. The van der Waals surface area contributed by atoms with Crippen molar-refractivity contribution >= 4 is 13.0 Å². The van der Waals surface area contributed by atoms with E-state index in [0.29, 0.717) is 0 Å². The van der Waals surface area contributed by atoms with Crippen LogP contribution in [-0.4, -0.2) is 11.8 Å². The molecule has 66 valence electrons. The van der Waals surface area contributed by atoms with Crippen LogP contribution in [0.3, 0.4) is 0 Å². The predicted octanol–water partition coefficient (Wildman–Crippen LogP) is 0.253. The number of nitrogens with zero attached hydrogens (tertiary/aromatic N) is 2. The van der Waals surface area contributed by atoms with Crippen LogP contribution >= 0.6 is 0 Å². The fraction of sp³-hybridized carbons (Fsp3) is 0.667. The molecule has 2 radical (unpaired) electrons. The summed E-state index contributed by atoms with van der Waals surface area (Å²) >= 11 is 0. The summed E-state index contributed by atoms with van der Waals surface area (Å²) in [4.78, 5) is 0. The second kappa shape index (κ2) is 3.79. The minimum absolute atomic E-state index is 0.736. The van der Waals surface area contributed by atoms with Crippen LogP contribution in [-0.2, 0) is 14.1 Å². The fourth-order valence-electron chi connectivity index (χ4n) is 1.23. The number of aromatic nitrogens is 2. The Morgan fingerprint density at radius 2 is 2.25 bits per heavy atom. The largest absolute Gasteiger partial charge is 0.280 e. The quantitative estimate of drug-likeness (QED) is 0.447. The highest BCUT2D eigenvalue weighted by Gasteiger charge is 1.98. The van der Waals surface area contributed by atoms with Crippen LogP contribution < -0.4 is 10.3 Å². The molecule has 1 heterocycles. The average Bonchev–Trinajstić information content (AvgIpc) is 2.28. The minimum atomic E-state index is 0.736. The van der Waals surface area contributed by atoms with Gasteiger partial charge in [0.2, 0.25) is 0 Å². The van der Waals surface area contributed by atoms with Gasteiger partial charge >= 0.3 is 0 Å². The van der Waals surface area contributed by atoms with Gasteiger partial charge in [0.15, 0.2) is 0 Å². The van der Waals surface area contributed by atoms with Gasteiger partial charge in [0.25, 0.3) is 0 Å². The van der Waals surface area contributed by atoms with Crippen LogP contribution in [0.1, 0.15) is 13.8 Å². The van der Waals surface area contributed by atoms with Crippen LogP contribution in [0.2, 0.25) is 6.32 Å². The molecule has 0 aromatic carbocycles. The number of hydrogen-bond donors (Lipinski definition) is 0. The molecule has 0 fully saturated rings. The van der Waals surface area contributed by atoms with Crippen LogP contribution in [0.25, 0.3) is 0 Å². The topological polar surface area (TPSA) is 8.81 Å². The third-order valence-electron chi connectivity index (χ3n) is 2.01. The molecule has 1 aromatic rings. The molecule has 0 saturated heterocycles. The van der Waals surface area contributed by atoms with Crippen LogP contribution in [0.4, 0.5) is 0 Å². The van der Waals surface area contributed by atoms with Crippen molar-refractivity contribution in [3.05, 3.63) is 12.4 Å². The lowest BCUT2D eigenvalue weighted by Crippen LogP contribution is -2.49. The zero-order valence-electron chi connectivity index (χ0n) is 8.41. The summed E-state index contributed by atoms with van der Waals surface area (Å²) in [5, 5.41) is 0. The zero-order chi connectivity index (χ0) is 9.14. The molecule has 0 aliphatic carbocycles. The van der Waals surface area contributed by atoms with Gasteiger partial charge in [0.1, 0.15) is 12.4 Å². The van der Waals surface area contributed by atoms with Gasteiger partial charge in [-0.2, -0.15) is 7.28 Å². The molecule has 0 amide bonds. The lowest BCUT2D eigenvalue weighted by molar-refractivity contribution is -0.653. The molecule has 3 heteroatoms. The summed E-state index contributed by atoms with van der Waals surface area (Å²) in [6.45, 7) is 4.47. The Hall–Kier alpha value is -0.725. The molecule has 0 aliphatic rings. The first-order valence-electron chi connectivity index (χ1n) is 4.45. The molecule has 1 rings (SSSR count). The maximum atomic E-state index is 2.28. The van der Waals surface area contributed by atoms with Crippen molar-refractivity contribution in [1.29, 1.82) is 0 Å². The highest BCUT2D eigenvalue weighted by Crippen LogP contribution is 1.97. The lowest BCUT2D eigenvalue weighted by atomic mass is 9.69. The molecule has 0 spiro atoms. The number of rotatable bonds is 3. The fourth-order valence-corrected chi connectivity index (χ4v) is 1.23. The maximum absolute atomic E-state index is 2.28. The van der Waals surface area contributed by atoms with Crippen molar-refractivity contribution in [1.82, 2.24) is 4.57 Å². The Balaban J connectivity index is 2.62. The summed E-state index contributed by atoms with van der Waals surface area (Å²) in [6, 6.07) is 0. The van der Waals surface area contributed by atoms with Gasteiger partial charge < -0.3 is 0 Å². The van der Waals surface area contributed by atoms with Crippen LogP contribution in [0.5, 0.6) is 0 Å². The third kappa shape index (κ3) is 2.13. The summed E-state index contributed by atoms with van der Waals surface area (Å²) in [6.07, 6.45) is 5.30. The molecule has 0 aliphatic heterocycles. The monoisotopic (exact) mass is 164 g/mol. The first-order chi connectivity index (χ1) is 5.61. The Labute approximate surface area is 75.5 Å². The van der Waals surface area contributed by atoms with E-state index in [0.717, 1.165) is 12.2 Å². The summed E-state index contributed by atoms with van der Waals surface area (Å²) in [5.41, 5.74) is 1.28. The van der Waals surface area contributed by atoms with E-state index in [1.807, 2.05) is 0 Å². The van der Waals surface area contributed by atoms with Crippen molar-refractivity contribution in [2.45, 2.75) is 20.2 Å². The normalized spacial score (nSPS) is 11.1. The standard InChI is InChI=1S/C9H17BN2/c1-8(2)7-10-9-11(3)5-6-12(9)4/h5-6,8H,7H2,1-4H3. The summed E-state index contributed by atoms with van der Waals surface area (Å²) < 4.78 is 4.28. The van der Waals surface area contributed by atoms with Gasteiger partial charge in [0.05, 0.1) is 14.1 Å². The third-order valence-corrected chi connectivity index (χ3v) is 2.01. The molecule has 1 aromatic heterocycles. The van der Waals surface area contributed by atoms with E-state index in [-0.39, 0.29) is 0 Å². The van der Waals surface area contributed by atoms with Crippen molar-refractivity contribution in [3.63, 3.8) is 0 Å². The Morgan fingerprint density at radius 3 is 2.67 bits per heavy atom. The average molecular weight is 164 g/mol. The molecule has 12 heavy (non-hydrogen) atoms. The highest BCUT2D eigenvalue weighted by atomic mass is 15.1. The molecule has 0 saturated carbocycles. The summed E-state index contributed by atoms with van der Waals surface area (Å²) in [7, 11) is 6.43. The van der Waals surface area contributed by atoms with E-state index in [2.05, 4.69) is 56.8 Å². The van der Waals surface area contributed by atoms with Gasteiger partial charge in [-0.15, -0.1) is 0 Å². The molecular weight excluding hydrogens is 147 g/mol. The molecule has 0 atom stereocenters. The maximum Gasteiger partial charge on any atom is 0.125 e. The minimum Gasteiger partial charge on any atom is -0.280 e. The van der Waals surface area contributed by atoms with Crippen molar-refractivity contribution in [3.8, 4) is 0 Å². The number of imidazole rings is 1. The van der Waals surface area contributed by atoms with Gasteiger partial charge in [-0.3, -0.25) is 9.13 Å². The van der Waals surface area contributed by atoms with Gasteiger partial charge in [0, 0.05) is 5.72 Å².